The van der Waals surface area contributed by atoms with E-state index in [1.165, 1.54) is 0 Å². The van der Waals surface area contributed by atoms with Crippen molar-refractivity contribution in [2.45, 2.75) is 45.8 Å². The van der Waals surface area contributed by atoms with Crippen molar-refractivity contribution in [3.05, 3.63) is 5.82 Å². The second kappa shape index (κ2) is 5.43. The fourth-order valence-electron chi connectivity index (χ4n) is 2.09. The molecule has 0 atom stereocenters. The fourth-order valence-corrected chi connectivity index (χ4v) is 2.09. The van der Waals surface area contributed by atoms with E-state index in [1.54, 1.807) is 4.68 Å². The number of tetrazole rings is 1. The van der Waals surface area contributed by atoms with Gasteiger partial charge >= 0.3 is 5.97 Å². The summed E-state index contributed by atoms with van der Waals surface area (Å²) < 4.78 is 6.94. The molecule has 0 bridgehead atoms. The van der Waals surface area contributed by atoms with Crippen LogP contribution in [0.3, 0.4) is 0 Å². The summed E-state index contributed by atoms with van der Waals surface area (Å²) in [5.41, 5.74) is -0.686. The highest BCUT2D eigenvalue weighted by atomic mass is 16.5. The number of carboxylic acid groups (broad SMARTS) is 1. The van der Waals surface area contributed by atoms with E-state index in [9.17, 15) is 9.90 Å². The number of rotatable bonds is 7. The molecule has 0 aliphatic heterocycles. The van der Waals surface area contributed by atoms with Gasteiger partial charge in [-0.25, -0.2) is 4.68 Å². The van der Waals surface area contributed by atoms with Gasteiger partial charge in [-0.15, -0.1) is 5.10 Å². The largest absolute Gasteiger partial charge is 0.481 e. The molecule has 0 saturated heterocycles. The lowest BCUT2D eigenvalue weighted by Gasteiger charge is -2.37. The maximum Gasteiger partial charge on any atom is 0.311 e. The zero-order valence-corrected chi connectivity index (χ0v) is 10.5. The van der Waals surface area contributed by atoms with E-state index in [-0.39, 0.29) is 0 Å². The number of hydrogen-bond donors (Lipinski definition) is 1. The third-order valence-electron chi connectivity index (χ3n) is 3.40. The van der Waals surface area contributed by atoms with Gasteiger partial charge < -0.3 is 9.84 Å². The predicted molar refractivity (Wildman–Crippen MR) is 61.7 cm³/mol. The maximum absolute atomic E-state index is 11.3. The molecule has 1 heterocycles. The molecule has 1 aliphatic rings. The lowest BCUT2D eigenvalue weighted by atomic mass is 9.69. The number of nitrogens with zero attached hydrogens (tertiary/aromatic N) is 4. The van der Waals surface area contributed by atoms with Gasteiger partial charge in [0.1, 0.15) is 6.61 Å². The minimum Gasteiger partial charge on any atom is -0.481 e. The summed E-state index contributed by atoms with van der Waals surface area (Å²) in [4.78, 5) is 11.3. The van der Waals surface area contributed by atoms with Crippen molar-refractivity contribution in [3.63, 3.8) is 0 Å². The average molecular weight is 254 g/mol. The van der Waals surface area contributed by atoms with E-state index in [0.717, 1.165) is 12.8 Å². The normalized spacial score (nSPS) is 17.4. The zero-order valence-electron chi connectivity index (χ0n) is 10.5. The fraction of sp³-hybridized carbons (Fsp3) is 0.818. The number of ether oxygens (including phenoxy) is 1. The van der Waals surface area contributed by atoms with Crippen molar-refractivity contribution in [2.75, 3.05) is 6.61 Å². The van der Waals surface area contributed by atoms with Gasteiger partial charge in [-0.05, 0) is 29.7 Å². The molecule has 2 rings (SSSR count). The molecular weight excluding hydrogens is 236 g/mol. The van der Waals surface area contributed by atoms with E-state index in [4.69, 9.17) is 4.74 Å². The maximum atomic E-state index is 11.3. The van der Waals surface area contributed by atoms with Crippen LogP contribution >= 0.6 is 0 Å². The van der Waals surface area contributed by atoms with Crippen LogP contribution in [-0.2, 0) is 22.7 Å². The summed E-state index contributed by atoms with van der Waals surface area (Å²) in [6.45, 7) is 3.34. The molecule has 1 N–H and O–H groups in total. The first-order valence-corrected chi connectivity index (χ1v) is 6.24. The second-order valence-electron chi connectivity index (χ2n) is 4.74. The molecule has 18 heavy (non-hydrogen) atoms. The van der Waals surface area contributed by atoms with Crippen LogP contribution in [0, 0.1) is 5.41 Å². The van der Waals surface area contributed by atoms with E-state index in [1.807, 2.05) is 6.92 Å². The number of carbonyl (C=O) groups is 1. The van der Waals surface area contributed by atoms with Crippen molar-refractivity contribution in [1.29, 1.82) is 0 Å². The first kappa shape index (κ1) is 12.9. The minimum atomic E-state index is -0.760. The van der Waals surface area contributed by atoms with Crippen LogP contribution in [0.15, 0.2) is 0 Å². The topological polar surface area (TPSA) is 90.1 Å². The summed E-state index contributed by atoms with van der Waals surface area (Å²) in [6.07, 6.45) is 3.27. The van der Waals surface area contributed by atoms with Gasteiger partial charge in [0.15, 0.2) is 5.82 Å². The van der Waals surface area contributed by atoms with Crippen LogP contribution in [0.25, 0.3) is 0 Å². The van der Waals surface area contributed by atoms with Gasteiger partial charge in [0.2, 0.25) is 0 Å². The van der Waals surface area contributed by atoms with E-state index in [2.05, 4.69) is 15.5 Å². The second-order valence-corrected chi connectivity index (χ2v) is 4.74. The SMILES string of the molecule is CCCOCc1nnnn1CC1(C(=O)O)CCC1. The lowest BCUT2D eigenvalue weighted by Crippen LogP contribution is -2.42. The minimum absolute atomic E-state index is 0.330. The van der Waals surface area contributed by atoms with E-state index < -0.39 is 11.4 Å². The molecule has 1 aromatic heterocycles. The Hall–Kier alpha value is -1.50. The molecule has 1 saturated carbocycles. The quantitative estimate of drug-likeness (QED) is 0.725. The lowest BCUT2D eigenvalue weighted by molar-refractivity contribution is -0.156. The average Bonchev–Trinajstić information content (AvgIpc) is 2.71. The van der Waals surface area contributed by atoms with Crippen molar-refractivity contribution in [1.82, 2.24) is 20.2 Å². The molecular formula is C11H18N4O3. The van der Waals surface area contributed by atoms with Crippen molar-refractivity contribution < 1.29 is 14.6 Å². The Bertz CT molecular complexity index is 414. The molecule has 1 fully saturated rings. The molecule has 1 aliphatic carbocycles. The van der Waals surface area contributed by atoms with Crippen LogP contribution in [0.2, 0.25) is 0 Å². The molecule has 7 nitrogen and oxygen atoms in total. The Labute approximate surface area is 105 Å². The predicted octanol–water partition coefficient (Wildman–Crippen LogP) is 0.855. The Morgan fingerprint density at radius 3 is 2.89 bits per heavy atom. The first-order valence-electron chi connectivity index (χ1n) is 6.24. The van der Waals surface area contributed by atoms with Crippen LogP contribution in [0.1, 0.15) is 38.4 Å². The summed E-state index contributed by atoms with van der Waals surface area (Å²) in [5.74, 6) is -0.166. The monoisotopic (exact) mass is 254 g/mol. The summed E-state index contributed by atoms with van der Waals surface area (Å²) in [5, 5.41) is 20.6. The summed E-state index contributed by atoms with van der Waals surface area (Å²) in [7, 11) is 0. The van der Waals surface area contributed by atoms with E-state index >= 15 is 0 Å². The number of carboxylic acids is 1. The molecule has 0 amide bonds. The standard InChI is InChI=1S/C11H18N4O3/c1-2-6-18-7-9-12-13-14-15(9)8-11(10(16)17)4-3-5-11/h2-8H2,1H3,(H,16,17). The smallest absolute Gasteiger partial charge is 0.311 e. The highest BCUT2D eigenvalue weighted by Crippen LogP contribution is 2.42. The van der Waals surface area contributed by atoms with E-state index in [0.29, 0.717) is 38.4 Å². The molecule has 100 valence electrons. The summed E-state index contributed by atoms with van der Waals surface area (Å²) >= 11 is 0. The van der Waals surface area contributed by atoms with Crippen LogP contribution in [0.5, 0.6) is 0 Å². The van der Waals surface area contributed by atoms with Gasteiger partial charge in [0.05, 0.1) is 12.0 Å². The van der Waals surface area contributed by atoms with Crippen LogP contribution in [-0.4, -0.2) is 37.9 Å². The van der Waals surface area contributed by atoms with Gasteiger partial charge in [0.25, 0.3) is 0 Å². The Morgan fingerprint density at radius 2 is 2.33 bits per heavy atom. The molecule has 7 heteroatoms. The summed E-state index contributed by atoms with van der Waals surface area (Å²) in [6, 6.07) is 0. The Balaban J connectivity index is 2.00. The number of aromatic nitrogens is 4. The molecule has 0 unspecified atom stereocenters. The Kier molecular flexibility index (Phi) is 3.90. The van der Waals surface area contributed by atoms with Crippen molar-refractivity contribution >= 4 is 5.97 Å². The molecule has 0 spiro atoms. The first-order chi connectivity index (χ1) is 8.68. The molecule has 0 aromatic carbocycles. The van der Waals surface area contributed by atoms with Gasteiger partial charge in [-0.2, -0.15) is 0 Å². The molecule has 0 radical (unpaired) electrons. The number of hydrogen-bond acceptors (Lipinski definition) is 5. The third-order valence-corrected chi connectivity index (χ3v) is 3.40. The highest BCUT2D eigenvalue weighted by molar-refractivity contribution is 5.75. The van der Waals surface area contributed by atoms with Crippen LogP contribution < -0.4 is 0 Å². The highest BCUT2D eigenvalue weighted by Gasteiger charge is 2.45. The van der Waals surface area contributed by atoms with Gasteiger partial charge in [-0.1, -0.05) is 13.3 Å². The molecule has 1 aromatic rings. The van der Waals surface area contributed by atoms with Crippen molar-refractivity contribution in [3.8, 4) is 0 Å². The third kappa shape index (κ3) is 2.50. The van der Waals surface area contributed by atoms with Gasteiger partial charge in [0, 0.05) is 6.61 Å². The van der Waals surface area contributed by atoms with Crippen molar-refractivity contribution in [2.24, 2.45) is 5.41 Å². The van der Waals surface area contributed by atoms with Crippen LogP contribution in [0.4, 0.5) is 0 Å². The Morgan fingerprint density at radius 1 is 1.56 bits per heavy atom. The van der Waals surface area contributed by atoms with Gasteiger partial charge in [-0.3, -0.25) is 4.79 Å². The zero-order chi connectivity index (χ0) is 13.0. The number of aliphatic carboxylic acids is 1.